The number of aliphatic hydroxyl groups excluding tert-OH is 1. The third kappa shape index (κ3) is 5.97. The van der Waals surface area contributed by atoms with Gasteiger partial charge in [0.2, 0.25) is 5.91 Å². The van der Waals surface area contributed by atoms with Crippen LogP contribution in [0.2, 0.25) is 0 Å². The van der Waals surface area contributed by atoms with Crippen molar-refractivity contribution in [1.29, 1.82) is 0 Å². The van der Waals surface area contributed by atoms with Crippen molar-refractivity contribution in [2.75, 3.05) is 25.5 Å². The number of carboxylic acid groups (broad SMARTS) is 1. The first kappa shape index (κ1) is 24.4. The maximum Gasteiger partial charge on any atom is 0.290 e. The van der Waals surface area contributed by atoms with Crippen molar-refractivity contribution in [3.05, 3.63) is 64.7 Å². The van der Waals surface area contributed by atoms with Crippen LogP contribution < -0.4 is 5.32 Å². The van der Waals surface area contributed by atoms with Crippen LogP contribution in [0.4, 0.5) is 5.69 Å². The number of likely N-dealkylation sites (N-methyl/N-ethyl adjacent to an activating group) is 1. The monoisotopic (exact) mass is 453 g/mol. The Morgan fingerprint density at radius 2 is 1.73 bits per heavy atom. The van der Waals surface area contributed by atoms with E-state index in [2.05, 4.69) is 22.3 Å². The number of rotatable bonds is 3. The Kier molecular flexibility index (Phi) is 8.19. The predicted molar refractivity (Wildman–Crippen MR) is 125 cm³/mol. The molecule has 176 valence electrons. The van der Waals surface area contributed by atoms with Crippen molar-refractivity contribution >= 4 is 24.0 Å². The molecule has 2 aliphatic heterocycles. The SMILES string of the molecule is Cc1ccc(C(=O)N2CCC(O)CC2)cc1NC(=O)C1Cc2ccccc2CN1C.O=CO. The van der Waals surface area contributed by atoms with E-state index in [0.29, 0.717) is 43.6 Å². The largest absolute Gasteiger partial charge is 0.483 e. The van der Waals surface area contributed by atoms with Gasteiger partial charge in [0.15, 0.2) is 0 Å². The van der Waals surface area contributed by atoms with E-state index in [1.807, 2.05) is 32.2 Å². The van der Waals surface area contributed by atoms with Crippen LogP contribution in [0.3, 0.4) is 0 Å². The van der Waals surface area contributed by atoms with Crippen molar-refractivity contribution in [3.63, 3.8) is 0 Å². The van der Waals surface area contributed by atoms with Crippen LogP contribution in [0.25, 0.3) is 0 Å². The number of aliphatic hydroxyl groups is 1. The van der Waals surface area contributed by atoms with Gasteiger partial charge in [-0.05, 0) is 62.1 Å². The number of hydrogen-bond acceptors (Lipinski definition) is 5. The summed E-state index contributed by atoms with van der Waals surface area (Å²) in [6, 6.07) is 13.4. The molecule has 2 aromatic rings. The Morgan fingerprint density at radius 1 is 1.09 bits per heavy atom. The van der Waals surface area contributed by atoms with Crippen LogP contribution in [0.5, 0.6) is 0 Å². The highest BCUT2D eigenvalue weighted by Gasteiger charge is 2.29. The quantitative estimate of drug-likeness (QED) is 0.615. The highest BCUT2D eigenvalue weighted by molar-refractivity contribution is 5.99. The number of anilines is 1. The summed E-state index contributed by atoms with van der Waals surface area (Å²) in [4.78, 5) is 38.2. The van der Waals surface area contributed by atoms with E-state index in [1.54, 1.807) is 17.0 Å². The Morgan fingerprint density at radius 3 is 2.39 bits per heavy atom. The number of hydrogen-bond donors (Lipinski definition) is 3. The van der Waals surface area contributed by atoms with Crippen molar-refractivity contribution in [1.82, 2.24) is 9.80 Å². The smallest absolute Gasteiger partial charge is 0.290 e. The van der Waals surface area contributed by atoms with Crippen LogP contribution in [-0.2, 0) is 22.6 Å². The molecule has 1 unspecified atom stereocenters. The number of aryl methyl sites for hydroxylation is 1. The second-order valence-electron chi connectivity index (χ2n) is 8.55. The van der Waals surface area contributed by atoms with Gasteiger partial charge in [-0.3, -0.25) is 19.3 Å². The third-order valence-electron chi connectivity index (χ3n) is 6.28. The molecule has 2 aromatic carbocycles. The zero-order valence-electron chi connectivity index (χ0n) is 19.0. The molecule has 0 aliphatic carbocycles. The van der Waals surface area contributed by atoms with Gasteiger partial charge in [0.25, 0.3) is 12.4 Å². The van der Waals surface area contributed by atoms with Crippen LogP contribution in [0, 0.1) is 6.92 Å². The van der Waals surface area contributed by atoms with E-state index >= 15 is 0 Å². The minimum absolute atomic E-state index is 0.0545. The van der Waals surface area contributed by atoms with Crippen molar-refractivity contribution in [3.8, 4) is 0 Å². The van der Waals surface area contributed by atoms with Gasteiger partial charge in [-0.2, -0.15) is 0 Å². The molecule has 8 nitrogen and oxygen atoms in total. The summed E-state index contributed by atoms with van der Waals surface area (Å²) < 4.78 is 0. The summed E-state index contributed by atoms with van der Waals surface area (Å²) in [5, 5.41) is 19.6. The number of likely N-dealkylation sites (tertiary alicyclic amines) is 1. The lowest BCUT2D eigenvalue weighted by Gasteiger charge is -2.33. The first-order valence-corrected chi connectivity index (χ1v) is 11.1. The van der Waals surface area contributed by atoms with Gasteiger partial charge in [-0.25, -0.2) is 0 Å². The molecule has 0 bridgehead atoms. The van der Waals surface area contributed by atoms with E-state index in [4.69, 9.17) is 9.90 Å². The second kappa shape index (κ2) is 11.1. The summed E-state index contributed by atoms with van der Waals surface area (Å²) in [7, 11) is 1.97. The van der Waals surface area contributed by atoms with Crippen molar-refractivity contribution < 1.29 is 24.6 Å². The lowest BCUT2D eigenvalue weighted by atomic mass is 9.94. The Balaban J connectivity index is 0.000000968. The average molecular weight is 454 g/mol. The van der Waals surface area contributed by atoms with E-state index in [0.717, 1.165) is 12.1 Å². The molecule has 0 saturated carbocycles. The number of amides is 2. The average Bonchev–Trinajstić information content (AvgIpc) is 2.80. The zero-order valence-corrected chi connectivity index (χ0v) is 19.0. The number of benzene rings is 2. The molecule has 1 saturated heterocycles. The van der Waals surface area contributed by atoms with Crippen LogP contribution in [0.15, 0.2) is 42.5 Å². The van der Waals surface area contributed by atoms with E-state index in [-0.39, 0.29) is 30.4 Å². The Bertz CT molecular complexity index is 1000. The van der Waals surface area contributed by atoms with E-state index < -0.39 is 0 Å². The molecule has 8 heteroatoms. The summed E-state index contributed by atoms with van der Waals surface area (Å²) in [5.74, 6) is -0.109. The van der Waals surface area contributed by atoms with Crippen LogP contribution in [-0.4, -0.2) is 70.6 Å². The van der Waals surface area contributed by atoms with Gasteiger partial charge < -0.3 is 20.4 Å². The van der Waals surface area contributed by atoms with Gasteiger partial charge in [0.1, 0.15) is 0 Å². The lowest BCUT2D eigenvalue weighted by Crippen LogP contribution is -2.45. The van der Waals surface area contributed by atoms with E-state index in [1.165, 1.54) is 11.1 Å². The molecule has 3 N–H and O–H groups in total. The molecule has 0 spiro atoms. The van der Waals surface area contributed by atoms with E-state index in [9.17, 15) is 14.7 Å². The number of carbonyl (C=O) groups is 3. The molecule has 0 radical (unpaired) electrons. The van der Waals surface area contributed by atoms with Gasteiger partial charge in [-0.1, -0.05) is 30.3 Å². The number of carbonyl (C=O) groups excluding carboxylic acids is 2. The topological polar surface area (TPSA) is 110 Å². The summed E-state index contributed by atoms with van der Waals surface area (Å²) in [5.41, 5.74) is 4.64. The molecule has 2 heterocycles. The molecule has 2 aliphatic rings. The molecule has 33 heavy (non-hydrogen) atoms. The zero-order chi connectivity index (χ0) is 24.0. The number of fused-ring (bicyclic) bond motifs is 1. The molecule has 0 aromatic heterocycles. The molecule has 4 rings (SSSR count). The van der Waals surface area contributed by atoms with Crippen LogP contribution >= 0.6 is 0 Å². The van der Waals surface area contributed by atoms with Gasteiger partial charge in [-0.15, -0.1) is 0 Å². The standard InChI is InChI=1S/C24H29N3O3.CH2O2/c1-16-7-8-18(24(30)27-11-9-20(28)10-12-27)13-21(16)25-23(29)22-14-17-5-3-4-6-19(17)15-26(22)2;2-1-3/h3-8,13,20,22,28H,9-12,14-15H2,1-2H3,(H,25,29);1H,(H,2,3). The Labute approximate surface area is 193 Å². The highest BCUT2D eigenvalue weighted by atomic mass is 16.3. The normalized spacial score (nSPS) is 18.5. The Hall–Kier alpha value is -3.23. The second-order valence-corrected chi connectivity index (χ2v) is 8.55. The van der Waals surface area contributed by atoms with Crippen molar-refractivity contribution in [2.24, 2.45) is 0 Å². The first-order valence-electron chi connectivity index (χ1n) is 11.1. The molecule has 1 atom stereocenters. The fourth-order valence-corrected chi connectivity index (χ4v) is 4.30. The minimum Gasteiger partial charge on any atom is -0.483 e. The number of nitrogens with zero attached hydrogens (tertiary/aromatic N) is 2. The van der Waals surface area contributed by atoms with Gasteiger partial charge in [0, 0.05) is 30.9 Å². The maximum atomic E-state index is 13.1. The molecular weight excluding hydrogens is 422 g/mol. The highest BCUT2D eigenvalue weighted by Crippen LogP contribution is 2.25. The summed E-state index contributed by atoms with van der Waals surface area (Å²) in [6.45, 7) is 3.54. The fourth-order valence-electron chi connectivity index (χ4n) is 4.30. The molecule has 1 fully saturated rings. The fraction of sp³-hybridized carbons (Fsp3) is 0.400. The first-order chi connectivity index (χ1) is 15.8. The predicted octanol–water partition coefficient (Wildman–Crippen LogP) is 2.29. The lowest BCUT2D eigenvalue weighted by molar-refractivity contribution is -0.123. The van der Waals surface area contributed by atoms with Crippen LogP contribution in [0.1, 0.15) is 39.9 Å². The maximum absolute atomic E-state index is 13.1. The minimum atomic E-state index is -0.320. The molecular formula is C25H31N3O5. The number of piperidine rings is 1. The summed E-state index contributed by atoms with van der Waals surface area (Å²) >= 11 is 0. The van der Waals surface area contributed by atoms with Crippen molar-refractivity contribution in [2.45, 2.75) is 44.9 Å². The molecule has 2 amide bonds. The summed E-state index contributed by atoms with van der Waals surface area (Å²) in [6.07, 6.45) is 1.57. The van der Waals surface area contributed by atoms with Gasteiger partial charge >= 0.3 is 0 Å². The van der Waals surface area contributed by atoms with Gasteiger partial charge in [0.05, 0.1) is 12.1 Å². The third-order valence-corrected chi connectivity index (χ3v) is 6.28. The number of nitrogens with one attached hydrogen (secondary N) is 1.